The molecule has 0 atom stereocenters. The first-order valence-corrected chi connectivity index (χ1v) is 9.29. The average molecular weight is 426 g/mol. The molecular formula is C21H20BrN3O2. The van der Waals surface area contributed by atoms with Gasteiger partial charge in [0.15, 0.2) is 6.61 Å². The minimum atomic E-state index is -0.310. The van der Waals surface area contributed by atoms with E-state index in [0.717, 1.165) is 27.1 Å². The molecule has 2 aromatic carbocycles. The molecule has 0 bridgehead atoms. The van der Waals surface area contributed by atoms with Crippen molar-refractivity contribution in [2.24, 2.45) is 5.10 Å². The zero-order valence-corrected chi connectivity index (χ0v) is 16.7. The van der Waals surface area contributed by atoms with Gasteiger partial charge in [0.05, 0.1) is 11.9 Å². The molecule has 0 unspecified atom stereocenters. The molecule has 0 aliphatic carbocycles. The number of aromatic nitrogens is 1. The van der Waals surface area contributed by atoms with Crippen LogP contribution in [0.25, 0.3) is 5.69 Å². The quantitative estimate of drug-likeness (QED) is 0.470. The fourth-order valence-corrected chi connectivity index (χ4v) is 3.26. The van der Waals surface area contributed by atoms with Crippen molar-refractivity contribution in [3.63, 3.8) is 0 Å². The molecule has 1 N–H and O–H groups in total. The van der Waals surface area contributed by atoms with Crippen molar-refractivity contribution in [1.29, 1.82) is 0 Å². The highest BCUT2D eigenvalue weighted by Crippen LogP contribution is 2.26. The van der Waals surface area contributed by atoms with Crippen LogP contribution in [-0.2, 0) is 4.79 Å². The molecular weight excluding hydrogens is 406 g/mol. The molecule has 5 nitrogen and oxygen atoms in total. The molecule has 138 valence electrons. The van der Waals surface area contributed by atoms with E-state index in [1.807, 2.05) is 62.4 Å². The SMILES string of the molecule is Cc1cc(/C=N/NC(=O)COc2ccccc2)c(C)n1-c1ccccc1Br. The first-order chi connectivity index (χ1) is 13.1. The third-order valence-electron chi connectivity index (χ3n) is 4.07. The second-order valence-corrected chi connectivity index (χ2v) is 6.86. The van der Waals surface area contributed by atoms with Crippen molar-refractivity contribution in [2.45, 2.75) is 13.8 Å². The van der Waals surface area contributed by atoms with Crippen molar-refractivity contribution in [2.75, 3.05) is 6.61 Å². The van der Waals surface area contributed by atoms with Gasteiger partial charge in [-0.3, -0.25) is 4.79 Å². The van der Waals surface area contributed by atoms with Gasteiger partial charge in [0, 0.05) is 21.4 Å². The number of benzene rings is 2. The fraction of sp³-hybridized carbons (Fsp3) is 0.143. The number of nitrogens with zero attached hydrogens (tertiary/aromatic N) is 2. The Labute approximate surface area is 166 Å². The van der Waals surface area contributed by atoms with Crippen LogP contribution in [0, 0.1) is 13.8 Å². The van der Waals surface area contributed by atoms with E-state index in [0.29, 0.717) is 5.75 Å². The fourth-order valence-electron chi connectivity index (χ4n) is 2.79. The van der Waals surface area contributed by atoms with Crippen molar-refractivity contribution in [3.8, 4) is 11.4 Å². The van der Waals surface area contributed by atoms with E-state index >= 15 is 0 Å². The second-order valence-electron chi connectivity index (χ2n) is 6.01. The molecule has 6 heteroatoms. The predicted molar refractivity (Wildman–Crippen MR) is 111 cm³/mol. The van der Waals surface area contributed by atoms with Crippen molar-refractivity contribution < 1.29 is 9.53 Å². The van der Waals surface area contributed by atoms with Crippen LogP contribution in [0.2, 0.25) is 0 Å². The molecule has 1 heterocycles. The van der Waals surface area contributed by atoms with Gasteiger partial charge in [-0.25, -0.2) is 5.43 Å². The summed E-state index contributed by atoms with van der Waals surface area (Å²) in [7, 11) is 0. The second kappa shape index (κ2) is 8.68. The first-order valence-electron chi connectivity index (χ1n) is 8.50. The summed E-state index contributed by atoms with van der Waals surface area (Å²) in [6, 6.07) is 19.3. The average Bonchev–Trinajstić information content (AvgIpc) is 2.95. The molecule has 3 rings (SSSR count). The lowest BCUT2D eigenvalue weighted by Crippen LogP contribution is -2.24. The Morgan fingerprint density at radius 3 is 2.59 bits per heavy atom. The molecule has 0 aliphatic heterocycles. The maximum atomic E-state index is 11.9. The van der Waals surface area contributed by atoms with Crippen LogP contribution in [0.3, 0.4) is 0 Å². The zero-order chi connectivity index (χ0) is 19.2. The number of hydrazone groups is 1. The molecule has 0 radical (unpaired) electrons. The number of rotatable bonds is 6. The highest BCUT2D eigenvalue weighted by molar-refractivity contribution is 9.10. The van der Waals surface area contributed by atoms with Crippen LogP contribution in [0.5, 0.6) is 5.75 Å². The summed E-state index contributed by atoms with van der Waals surface area (Å²) >= 11 is 3.59. The van der Waals surface area contributed by atoms with Gasteiger partial charge in [-0.1, -0.05) is 30.3 Å². The van der Waals surface area contributed by atoms with Crippen LogP contribution in [0.4, 0.5) is 0 Å². The lowest BCUT2D eigenvalue weighted by atomic mass is 10.2. The van der Waals surface area contributed by atoms with Crippen LogP contribution in [0.1, 0.15) is 17.0 Å². The smallest absolute Gasteiger partial charge is 0.277 e. The van der Waals surface area contributed by atoms with Gasteiger partial charge in [-0.05, 0) is 60.1 Å². The predicted octanol–water partition coefficient (Wildman–Crippen LogP) is 4.39. The molecule has 1 aromatic heterocycles. The van der Waals surface area contributed by atoms with Crippen LogP contribution in [-0.4, -0.2) is 23.3 Å². The molecule has 27 heavy (non-hydrogen) atoms. The summed E-state index contributed by atoms with van der Waals surface area (Å²) in [6.45, 7) is 3.97. The summed E-state index contributed by atoms with van der Waals surface area (Å²) in [5.41, 5.74) is 6.62. The number of hydrogen-bond donors (Lipinski definition) is 1. The van der Waals surface area contributed by atoms with Crippen LogP contribution < -0.4 is 10.2 Å². The lowest BCUT2D eigenvalue weighted by Gasteiger charge is -2.11. The zero-order valence-electron chi connectivity index (χ0n) is 15.1. The Bertz CT molecular complexity index is 965. The molecule has 0 spiro atoms. The van der Waals surface area contributed by atoms with Gasteiger partial charge in [-0.2, -0.15) is 5.10 Å². The van der Waals surface area contributed by atoms with Gasteiger partial charge in [0.25, 0.3) is 5.91 Å². The summed E-state index contributed by atoms with van der Waals surface area (Å²) in [5.74, 6) is 0.336. The number of amides is 1. The maximum Gasteiger partial charge on any atom is 0.277 e. The van der Waals surface area contributed by atoms with E-state index in [1.165, 1.54) is 0 Å². The molecule has 1 amide bonds. The Balaban J connectivity index is 1.65. The van der Waals surface area contributed by atoms with E-state index in [4.69, 9.17) is 4.74 Å². The van der Waals surface area contributed by atoms with Crippen molar-refractivity contribution >= 4 is 28.1 Å². The number of aryl methyl sites for hydroxylation is 1. The normalized spacial score (nSPS) is 10.9. The van der Waals surface area contributed by atoms with Crippen LogP contribution in [0.15, 0.2) is 70.2 Å². The summed E-state index contributed by atoms with van der Waals surface area (Å²) < 4.78 is 8.55. The van der Waals surface area contributed by atoms with Crippen molar-refractivity contribution in [1.82, 2.24) is 9.99 Å². The Kier molecular flexibility index (Phi) is 6.08. The summed E-state index contributed by atoms with van der Waals surface area (Å²) in [5, 5.41) is 4.06. The molecule has 0 aliphatic rings. The van der Waals surface area contributed by atoms with E-state index in [9.17, 15) is 4.79 Å². The topological polar surface area (TPSA) is 55.6 Å². The Hall–Kier alpha value is -2.86. The number of para-hydroxylation sites is 2. The lowest BCUT2D eigenvalue weighted by molar-refractivity contribution is -0.123. The minimum absolute atomic E-state index is 0.0860. The number of carbonyl (C=O) groups excluding carboxylic acids is 1. The monoisotopic (exact) mass is 425 g/mol. The third-order valence-corrected chi connectivity index (χ3v) is 4.74. The number of ether oxygens (including phenoxy) is 1. The maximum absolute atomic E-state index is 11.9. The largest absolute Gasteiger partial charge is 0.484 e. The standard InChI is InChI=1S/C21H20BrN3O2/c1-15-12-17(16(2)25(15)20-11-7-6-10-19(20)22)13-23-24-21(26)14-27-18-8-4-3-5-9-18/h3-13H,14H2,1-2H3,(H,24,26)/b23-13+. The Morgan fingerprint density at radius 2 is 1.85 bits per heavy atom. The third kappa shape index (κ3) is 4.65. The van der Waals surface area contributed by atoms with Gasteiger partial charge in [0.1, 0.15) is 5.75 Å². The number of nitrogens with one attached hydrogen (secondary N) is 1. The van der Waals surface area contributed by atoms with E-state index in [1.54, 1.807) is 18.3 Å². The van der Waals surface area contributed by atoms with Gasteiger partial charge < -0.3 is 9.30 Å². The molecule has 0 fully saturated rings. The van der Waals surface area contributed by atoms with Gasteiger partial charge in [0.2, 0.25) is 0 Å². The highest BCUT2D eigenvalue weighted by atomic mass is 79.9. The van der Waals surface area contributed by atoms with Gasteiger partial charge >= 0.3 is 0 Å². The van der Waals surface area contributed by atoms with Crippen LogP contribution >= 0.6 is 15.9 Å². The Morgan fingerprint density at radius 1 is 1.15 bits per heavy atom. The number of halogens is 1. The molecule has 0 saturated carbocycles. The van der Waals surface area contributed by atoms with E-state index in [2.05, 4.69) is 31.0 Å². The summed E-state index contributed by atoms with van der Waals surface area (Å²) in [6.07, 6.45) is 1.65. The van der Waals surface area contributed by atoms with E-state index in [-0.39, 0.29) is 12.5 Å². The van der Waals surface area contributed by atoms with Gasteiger partial charge in [-0.15, -0.1) is 0 Å². The first kappa shape index (κ1) is 18.9. The highest BCUT2D eigenvalue weighted by Gasteiger charge is 2.11. The minimum Gasteiger partial charge on any atom is -0.484 e. The molecule has 0 saturated heterocycles. The molecule has 3 aromatic rings. The van der Waals surface area contributed by atoms with Crippen molar-refractivity contribution in [3.05, 3.63) is 82.1 Å². The number of carbonyl (C=O) groups is 1. The summed E-state index contributed by atoms with van der Waals surface area (Å²) in [4.78, 5) is 11.9. The van der Waals surface area contributed by atoms with E-state index < -0.39 is 0 Å². The number of hydrogen-bond acceptors (Lipinski definition) is 3.